The normalized spacial score (nSPS) is 22.2. The number of hydrogen-bond acceptors (Lipinski definition) is 2. The number of urea groups is 1. The molecule has 32 heavy (non-hydrogen) atoms. The van der Waals surface area contributed by atoms with E-state index < -0.39 is 0 Å². The number of carbonyl (C=O) groups excluding carboxylic acids is 1. The summed E-state index contributed by atoms with van der Waals surface area (Å²) in [6.07, 6.45) is 4.26. The first-order chi connectivity index (χ1) is 15.7. The lowest BCUT2D eigenvalue weighted by Gasteiger charge is -2.32. The third-order valence-electron chi connectivity index (χ3n) is 6.48. The fraction of sp³-hybridized carbons (Fsp3) is 0.259. The summed E-state index contributed by atoms with van der Waals surface area (Å²) in [5, 5.41) is 10.2. The first-order valence-electron chi connectivity index (χ1n) is 11.2. The van der Waals surface area contributed by atoms with Crippen LogP contribution in [0.15, 0.2) is 90.0 Å². The number of halogens is 1. The molecule has 1 N–H and O–H groups in total. The van der Waals surface area contributed by atoms with Crippen molar-refractivity contribution in [1.29, 1.82) is 0 Å². The Hall–Kier alpha value is -3.11. The molecule has 3 aromatic carbocycles. The second kappa shape index (κ2) is 9.17. The predicted octanol–water partition coefficient (Wildman–Crippen LogP) is 6.94. The predicted molar refractivity (Wildman–Crippen MR) is 130 cm³/mol. The number of nitrogens with zero attached hydrogens (tertiary/aromatic N) is 2. The second-order valence-corrected chi connectivity index (χ2v) is 9.03. The molecule has 1 aliphatic heterocycles. The van der Waals surface area contributed by atoms with Crippen LogP contribution in [0.4, 0.5) is 10.5 Å². The molecule has 1 aliphatic carbocycles. The molecule has 4 nitrogen and oxygen atoms in total. The Morgan fingerprint density at radius 1 is 0.969 bits per heavy atom. The quantitative estimate of drug-likeness (QED) is 0.466. The van der Waals surface area contributed by atoms with Crippen molar-refractivity contribution in [3.8, 4) is 0 Å². The van der Waals surface area contributed by atoms with Crippen LogP contribution < -0.4 is 5.32 Å². The molecule has 2 aliphatic rings. The van der Waals surface area contributed by atoms with Crippen molar-refractivity contribution < 1.29 is 4.79 Å². The first kappa shape index (κ1) is 20.8. The molecule has 0 aromatic heterocycles. The number of hydrazone groups is 1. The minimum Gasteiger partial charge on any atom is -0.306 e. The Labute approximate surface area is 193 Å². The minimum absolute atomic E-state index is 0.0936. The molecular formula is C27H26ClN3O. The lowest BCUT2D eigenvalue weighted by atomic mass is 9.73. The summed E-state index contributed by atoms with van der Waals surface area (Å²) in [6.45, 7) is 0. The zero-order valence-electron chi connectivity index (χ0n) is 17.8. The van der Waals surface area contributed by atoms with Crippen LogP contribution in [-0.2, 0) is 6.42 Å². The molecule has 5 heteroatoms. The minimum atomic E-state index is -0.221. The summed E-state index contributed by atoms with van der Waals surface area (Å²) in [7, 11) is 0. The summed E-state index contributed by atoms with van der Waals surface area (Å²) in [4.78, 5) is 13.4. The monoisotopic (exact) mass is 443 g/mol. The maximum absolute atomic E-state index is 13.4. The fourth-order valence-electron chi connectivity index (χ4n) is 5.06. The molecule has 1 saturated carbocycles. The largest absolute Gasteiger partial charge is 0.342 e. The van der Waals surface area contributed by atoms with Crippen LogP contribution >= 0.6 is 11.6 Å². The zero-order chi connectivity index (χ0) is 21.9. The fourth-order valence-corrected chi connectivity index (χ4v) is 5.25. The number of amides is 2. The smallest absolute Gasteiger partial charge is 0.306 e. The van der Waals surface area contributed by atoms with E-state index in [0.717, 1.165) is 37.0 Å². The van der Waals surface area contributed by atoms with Gasteiger partial charge >= 0.3 is 6.03 Å². The standard InChI is InChI=1S/C27H26ClN3O/c28-22-14-8-15-23(18-22)29-27(32)31-26(20-11-5-2-6-12-20)24-16-7-13-21(25(24)30-31)17-19-9-3-1-4-10-19/h1-6,8-12,14-15,18,21,24,26H,7,13,16-17H2,(H,29,32)/t21-,24+,26-/m1/s1. The molecule has 0 unspecified atom stereocenters. The number of benzene rings is 3. The van der Waals surface area contributed by atoms with E-state index in [9.17, 15) is 4.79 Å². The molecule has 1 fully saturated rings. The van der Waals surface area contributed by atoms with E-state index in [1.54, 1.807) is 17.1 Å². The Bertz CT molecular complexity index is 1120. The van der Waals surface area contributed by atoms with Gasteiger partial charge in [0.15, 0.2) is 0 Å². The highest BCUT2D eigenvalue weighted by Crippen LogP contribution is 2.45. The van der Waals surface area contributed by atoms with Crippen LogP contribution in [0.25, 0.3) is 0 Å². The lowest BCUT2D eigenvalue weighted by molar-refractivity contribution is 0.187. The van der Waals surface area contributed by atoms with Gasteiger partial charge in [0, 0.05) is 28.3 Å². The van der Waals surface area contributed by atoms with Crippen molar-refractivity contribution in [2.75, 3.05) is 5.32 Å². The average molecular weight is 444 g/mol. The van der Waals surface area contributed by atoms with E-state index in [1.807, 2.05) is 36.4 Å². The molecule has 1 heterocycles. The van der Waals surface area contributed by atoms with Gasteiger partial charge < -0.3 is 5.32 Å². The van der Waals surface area contributed by atoms with Gasteiger partial charge in [-0.2, -0.15) is 5.10 Å². The maximum atomic E-state index is 13.4. The topological polar surface area (TPSA) is 44.7 Å². The zero-order valence-corrected chi connectivity index (χ0v) is 18.6. The van der Waals surface area contributed by atoms with E-state index in [0.29, 0.717) is 16.6 Å². The Balaban J connectivity index is 1.46. The van der Waals surface area contributed by atoms with Gasteiger partial charge in [0.25, 0.3) is 0 Å². The van der Waals surface area contributed by atoms with E-state index >= 15 is 0 Å². The van der Waals surface area contributed by atoms with Crippen LogP contribution in [0.5, 0.6) is 0 Å². The van der Waals surface area contributed by atoms with Crippen LogP contribution in [0, 0.1) is 11.8 Å². The number of anilines is 1. The molecule has 2 amide bonds. The van der Waals surface area contributed by atoms with Gasteiger partial charge in [-0.3, -0.25) is 0 Å². The van der Waals surface area contributed by atoms with Gasteiger partial charge in [-0.15, -0.1) is 0 Å². The van der Waals surface area contributed by atoms with E-state index in [-0.39, 0.29) is 18.0 Å². The second-order valence-electron chi connectivity index (χ2n) is 8.59. The van der Waals surface area contributed by atoms with Crippen molar-refractivity contribution in [1.82, 2.24) is 5.01 Å². The number of rotatable bonds is 4. The number of fused-ring (bicyclic) bond motifs is 1. The molecule has 0 bridgehead atoms. The van der Waals surface area contributed by atoms with Crippen molar-refractivity contribution >= 4 is 29.0 Å². The van der Waals surface area contributed by atoms with Gasteiger partial charge in [0.2, 0.25) is 0 Å². The summed E-state index contributed by atoms with van der Waals surface area (Å²) in [5.41, 5.74) is 4.28. The molecule has 0 spiro atoms. The third-order valence-corrected chi connectivity index (χ3v) is 6.72. The Morgan fingerprint density at radius 2 is 1.72 bits per heavy atom. The van der Waals surface area contributed by atoms with E-state index in [1.165, 1.54) is 5.56 Å². The third kappa shape index (κ3) is 4.28. The number of hydrogen-bond donors (Lipinski definition) is 1. The molecule has 0 saturated heterocycles. The summed E-state index contributed by atoms with van der Waals surface area (Å²) in [6, 6.07) is 27.8. The van der Waals surface area contributed by atoms with Crippen molar-refractivity contribution in [3.63, 3.8) is 0 Å². The van der Waals surface area contributed by atoms with E-state index in [4.69, 9.17) is 16.7 Å². The van der Waals surface area contributed by atoms with Crippen LogP contribution in [0.3, 0.4) is 0 Å². The highest BCUT2D eigenvalue weighted by molar-refractivity contribution is 6.30. The van der Waals surface area contributed by atoms with Crippen molar-refractivity contribution in [3.05, 3.63) is 101 Å². The first-order valence-corrected chi connectivity index (χ1v) is 11.6. The van der Waals surface area contributed by atoms with Crippen LogP contribution in [-0.4, -0.2) is 16.8 Å². The molecule has 0 radical (unpaired) electrons. The summed E-state index contributed by atoms with van der Waals surface area (Å²) >= 11 is 6.12. The summed E-state index contributed by atoms with van der Waals surface area (Å²) in [5.74, 6) is 0.594. The maximum Gasteiger partial charge on any atom is 0.342 e. The lowest BCUT2D eigenvalue weighted by Crippen LogP contribution is -2.35. The SMILES string of the molecule is O=C(Nc1cccc(Cl)c1)N1N=C2[C@@H](Cc3ccccc3)CCC[C@@H]2[C@H]1c1ccccc1. The van der Waals surface area contributed by atoms with Crippen molar-refractivity contribution in [2.45, 2.75) is 31.7 Å². The number of carbonyl (C=O) groups is 1. The van der Waals surface area contributed by atoms with Gasteiger partial charge in [-0.25, -0.2) is 9.80 Å². The Kier molecular flexibility index (Phi) is 5.95. The van der Waals surface area contributed by atoms with Crippen molar-refractivity contribution in [2.24, 2.45) is 16.9 Å². The average Bonchev–Trinajstić information content (AvgIpc) is 3.21. The van der Waals surface area contributed by atoms with Gasteiger partial charge in [-0.05, 0) is 48.6 Å². The van der Waals surface area contributed by atoms with Gasteiger partial charge in [0.05, 0.1) is 6.04 Å². The molecular weight excluding hydrogens is 418 g/mol. The molecule has 5 rings (SSSR count). The van der Waals surface area contributed by atoms with Gasteiger partial charge in [0.1, 0.15) is 0 Å². The van der Waals surface area contributed by atoms with Crippen LogP contribution in [0.1, 0.15) is 36.4 Å². The summed E-state index contributed by atoms with van der Waals surface area (Å²) < 4.78 is 0. The van der Waals surface area contributed by atoms with Gasteiger partial charge in [-0.1, -0.05) is 84.8 Å². The number of nitrogens with one attached hydrogen (secondary N) is 1. The highest BCUT2D eigenvalue weighted by Gasteiger charge is 2.45. The molecule has 162 valence electrons. The Morgan fingerprint density at radius 3 is 2.47 bits per heavy atom. The molecule has 3 atom stereocenters. The van der Waals surface area contributed by atoms with Crippen LogP contribution in [0.2, 0.25) is 5.02 Å². The molecule has 3 aromatic rings. The highest BCUT2D eigenvalue weighted by atomic mass is 35.5. The van der Waals surface area contributed by atoms with E-state index in [2.05, 4.69) is 41.7 Å².